The van der Waals surface area contributed by atoms with E-state index < -0.39 is 0 Å². The molecule has 5 nitrogen and oxygen atoms in total. The number of amides is 2. The Morgan fingerprint density at radius 2 is 1.87 bits per heavy atom. The SMILES string of the molecule is Cn1cccc1C(=O)CN1C(=O)C[C@@H](Cc2ccccc2)C1=O. The molecule has 0 unspecified atom stereocenters. The largest absolute Gasteiger partial charge is 0.348 e. The predicted molar refractivity (Wildman–Crippen MR) is 84.7 cm³/mol. The highest BCUT2D eigenvalue weighted by atomic mass is 16.2. The van der Waals surface area contributed by atoms with Crippen LogP contribution in [0.4, 0.5) is 0 Å². The molecule has 0 N–H and O–H groups in total. The maximum atomic E-state index is 12.5. The van der Waals surface area contributed by atoms with Gasteiger partial charge in [0.2, 0.25) is 11.8 Å². The third kappa shape index (κ3) is 3.08. The summed E-state index contributed by atoms with van der Waals surface area (Å²) in [4.78, 5) is 37.9. The number of benzene rings is 1. The number of aryl methyl sites for hydroxylation is 1. The lowest BCUT2D eigenvalue weighted by Gasteiger charge is -2.14. The molecule has 1 atom stereocenters. The molecule has 3 rings (SSSR count). The van der Waals surface area contributed by atoms with Crippen molar-refractivity contribution in [2.75, 3.05) is 6.54 Å². The topological polar surface area (TPSA) is 59.4 Å². The Labute approximate surface area is 134 Å². The summed E-state index contributed by atoms with van der Waals surface area (Å²) in [6.07, 6.45) is 2.47. The molecule has 2 heterocycles. The van der Waals surface area contributed by atoms with E-state index in [-0.39, 0.29) is 36.5 Å². The number of likely N-dealkylation sites (tertiary alicyclic amines) is 1. The van der Waals surface area contributed by atoms with Crippen LogP contribution < -0.4 is 0 Å². The second kappa shape index (κ2) is 6.20. The van der Waals surface area contributed by atoms with E-state index in [0.717, 1.165) is 10.5 Å². The van der Waals surface area contributed by atoms with Gasteiger partial charge in [0.15, 0.2) is 5.78 Å². The number of rotatable bonds is 5. The summed E-state index contributed by atoms with van der Waals surface area (Å²) < 4.78 is 1.69. The van der Waals surface area contributed by atoms with Crippen LogP contribution in [0.15, 0.2) is 48.7 Å². The molecule has 1 fully saturated rings. The first kappa shape index (κ1) is 15.2. The molecule has 2 aromatic rings. The summed E-state index contributed by atoms with van der Waals surface area (Å²) in [5.74, 6) is -1.11. The maximum Gasteiger partial charge on any atom is 0.233 e. The van der Waals surface area contributed by atoms with Gasteiger partial charge in [0, 0.05) is 19.7 Å². The van der Waals surface area contributed by atoms with E-state index in [1.807, 2.05) is 30.3 Å². The number of carbonyl (C=O) groups is 3. The highest BCUT2D eigenvalue weighted by Crippen LogP contribution is 2.24. The van der Waals surface area contributed by atoms with E-state index in [1.54, 1.807) is 29.9 Å². The number of carbonyl (C=O) groups excluding carboxylic acids is 3. The number of Topliss-reactive ketones (excluding diaryl/α,β-unsaturated/α-hetero) is 1. The van der Waals surface area contributed by atoms with Gasteiger partial charge in [-0.15, -0.1) is 0 Å². The van der Waals surface area contributed by atoms with E-state index in [1.165, 1.54) is 0 Å². The standard InChI is InChI=1S/C18H18N2O3/c1-19-9-5-8-15(19)16(21)12-20-17(22)11-14(18(20)23)10-13-6-3-2-4-7-13/h2-9,14H,10-12H2,1H3/t14-/m1/s1. The van der Waals surface area contributed by atoms with Gasteiger partial charge in [-0.25, -0.2) is 0 Å². The van der Waals surface area contributed by atoms with Crippen LogP contribution in [0.5, 0.6) is 0 Å². The lowest BCUT2D eigenvalue weighted by Crippen LogP contribution is -2.36. The summed E-state index contributed by atoms with van der Waals surface area (Å²) in [5, 5.41) is 0. The molecule has 1 aliphatic heterocycles. The molecule has 0 bridgehead atoms. The van der Waals surface area contributed by atoms with Crippen molar-refractivity contribution in [2.24, 2.45) is 13.0 Å². The summed E-state index contributed by atoms with van der Waals surface area (Å²) in [6, 6.07) is 13.1. The first-order chi connectivity index (χ1) is 11.1. The van der Waals surface area contributed by atoms with Gasteiger partial charge in [0.25, 0.3) is 0 Å². The molecule has 0 aliphatic carbocycles. The lowest BCUT2D eigenvalue weighted by atomic mass is 9.98. The van der Waals surface area contributed by atoms with Crippen molar-refractivity contribution in [1.29, 1.82) is 0 Å². The second-order valence-electron chi connectivity index (χ2n) is 5.84. The van der Waals surface area contributed by atoms with Crippen molar-refractivity contribution >= 4 is 17.6 Å². The van der Waals surface area contributed by atoms with Crippen molar-refractivity contribution in [2.45, 2.75) is 12.8 Å². The predicted octanol–water partition coefficient (Wildman–Crippen LogP) is 1.83. The van der Waals surface area contributed by atoms with Gasteiger partial charge in [0.1, 0.15) is 0 Å². The average Bonchev–Trinajstić information content (AvgIpc) is 3.07. The Morgan fingerprint density at radius 3 is 2.52 bits per heavy atom. The molecule has 1 aliphatic rings. The van der Waals surface area contributed by atoms with Crippen LogP contribution in [0.2, 0.25) is 0 Å². The normalized spacial score (nSPS) is 17.8. The Kier molecular flexibility index (Phi) is 4.10. The third-order valence-electron chi connectivity index (χ3n) is 4.19. The first-order valence-electron chi connectivity index (χ1n) is 7.59. The molecule has 0 radical (unpaired) electrons. The molecule has 1 saturated heterocycles. The van der Waals surface area contributed by atoms with Gasteiger partial charge >= 0.3 is 0 Å². The van der Waals surface area contributed by atoms with Gasteiger partial charge in [-0.2, -0.15) is 0 Å². The van der Waals surface area contributed by atoms with Crippen molar-refractivity contribution in [1.82, 2.24) is 9.47 Å². The number of nitrogens with zero attached hydrogens (tertiary/aromatic N) is 2. The molecule has 118 valence electrons. The van der Waals surface area contributed by atoms with Crippen molar-refractivity contribution in [3.63, 3.8) is 0 Å². The van der Waals surface area contributed by atoms with Gasteiger partial charge in [-0.05, 0) is 24.1 Å². The molecule has 0 saturated carbocycles. The quantitative estimate of drug-likeness (QED) is 0.625. The average molecular weight is 310 g/mol. The fourth-order valence-electron chi connectivity index (χ4n) is 2.95. The van der Waals surface area contributed by atoms with E-state index >= 15 is 0 Å². The highest BCUT2D eigenvalue weighted by Gasteiger charge is 2.39. The van der Waals surface area contributed by atoms with Crippen molar-refractivity contribution in [3.05, 3.63) is 59.9 Å². The van der Waals surface area contributed by atoms with Crippen LogP contribution in [-0.2, 0) is 23.1 Å². The Bertz CT molecular complexity index is 749. The lowest BCUT2D eigenvalue weighted by molar-refractivity contribution is -0.138. The number of hydrogen-bond acceptors (Lipinski definition) is 3. The Hall–Kier alpha value is -2.69. The van der Waals surface area contributed by atoms with E-state index in [0.29, 0.717) is 12.1 Å². The molecule has 1 aromatic carbocycles. The molecule has 5 heteroatoms. The van der Waals surface area contributed by atoms with E-state index in [4.69, 9.17) is 0 Å². The van der Waals surface area contributed by atoms with Gasteiger partial charge < -0.3 is 4.57 Å². The third-order valence-corrected chi connectivity index (χ3v) is 4.19. The van der Waals surface area contributed by atoms with Crippen LogP contribution in [-0.4, -0.2) is 33.6 Å². The van der Waals surface area contributed by atoms with Crippen molar-refractivity contribution in [3.8, 4) is 0 Å². The molecule has 2 amide bonds. The minimum absolute atomic E-state index is 0.175. The van der Waals surface area contributed by atoms with E-state index in [9.17, 15) is 14.4 Å². The van der Waals surface area contributed by atoms with Crippen LogP contribution in [0.25, 0.3) is 0 Å². The maximum absolute atomic E-state index is 12.5. The van der Waals surface area contributed by atoms with Gasteiger partial charge in [0.05, 0.1) is 18.2 Å². The zero-order valence-electron chi connectivity index (χ0n) is 12.9. The van der Waals surface area contributed by atoms with Crippen LogP contribution in [0.3, 0.4) is 0 Å². The fraction of sp³-hybridized carbons (Fsp3) is 0.278. The monoisotopic (exact) mass is 310 g/mol. The fourth-order valence-corrected chi connectivity index (χ4v) is 2.95. The van der Waals surface area contributed by atoms with Crippen LogP contribution in [0, 0.1) is 5.92 Å². The second-order valence-corrected chi connectivity index (χ2v) is 5.84. The highest BCUT2D eigenvalue weighted by molar-refractivity contribution is 6.08. The zero-order valence-corrected chi connectivity index (χ0v) is 12.9. The first-order valence-corrected chi connectivity index (χ1v) is 7.59. The number of hydrogen-bond donors (Lipinski definition) is 0. The number of aromatic nitrogens is 1. The summed E-state index contributed by atoms with van der Waals surface area (Å²) >= 11 is 0. The molecular weight excluding hydrogens is 292 g/mol. The molecule has 0 spiro atoms. The number of ketones is 1. The van der Waals surface area contributed by atoms with Gasteiger partial charge in [-0.3, -0.25) is 19.3 Å². The summed E-state index contributed by atoms with van der Waals surface area (Å²) in [5.41, 5.74) is 1.52. The van der Waals surface area contributed by atoms with Gasteiger partial charge in [-0.1, -0.05) is 30.3 Å². The Morgan fingerprint density at radius 1 is 1.13 bits per heavy atom. The van der Waals surface area contributed by atoms with Crippen LogP contribution in [0.1, 0.15) is 22.5 Å². The van der Waals surface area contributed by atoms with E-state index in [2.05, 4.69) is 0 Å². The number of imide groups is 1. The Balaban J connectivity index is 1.69. The smallest absolute Gasteiger partial charge is 0.233 e. The zero-order chi connectivity index (χ0) is 16.4. The molecule has 23 heavy (non-hydrogen) atoms. The molecular formula is C18H18N2O3. The van der Waals surface area contributed by atoms with Crippen molar-refractivity contribution < 1.29 is 14.4 Å². The minimum Gasteiger partial charge on any atom is -0.348 e. The summed E-state index contributed by atoms with van der Waals surface area (Å²) in [6.45, 7) is -0.180. The molecule has 1 aromatic heterocycles. The minimum atomic E-state index is -0.369. The summed E-state index contributed by atoms with van der Waals surface area (Å²) in [7, 11) is 1.76. The van der Waals surface area contributed by atoms with Crippen LogP contribution >= 0.6 is 0 Å².